The Bertz CT molecular complexity index is 1240. The van der Waals surface area contributed by atoms with Gasteiger partial charge in [0.25, 0.3) is 6.43 Å². The van der Waals surface area contributed by atoms with Gasteiger partial charge >= 0.3 is 0 Å². The van der Waals surface area contributed by atoms with Gasteiger partial charge in [0.15, 0.2) is 5.82 Å². The minimum Gasteiger partial charge on any atom is -0.375 e. The van der Waals surface area contributed by atoms with Crippen LogP contribution in [0.2, 0.25) is 0 Å². The molecule has 2 fully saturated rings. The molecule has 0 aliphatic carbocycles. The van der Waals surface area contributed by atoms with Crippen LogP contribution in [0.4, 0.5) is 20.4 Å². The lowest BCUT2D eigenvalue weighted by molar-refractivity contribution is -0.131. The van der Waals surface area contributed by atoms with E-state index in [9.17, 15) is 13.6 Å². The molecule has 0 bridgehead atoms. The molecule has 36 heavy (non-hydrogen) atoms. The first-order valence-electron chi connectivity index (χ1n) is 12.4. The summed E-state index contributed by atoms with van der Waals surface area (Å²) in [6.07, 6.45) is -2.33. The second-order valence-electron chi connectivity index (χ2n) is 9.21. The average Bonchev–Trinajstić information content (AvgIpc) is 3.30. The quantitative estimate of drug-likeness (QED) is 0.532. The number of ether oxygens (including phenoxy) is 1. The van der Waals surface area contributed by atoms with Crippen molar-refractivity contribution in [3.8, 4) is 5.95 Å². The molecule has 192 valence electrons. The Morgan fingerprint density at radius 3 is 2.50 bits per heavy atom. The van der Waals surface area contributed by atoms with Gasteiger partial charge in [0.1, 0.15) is 11.6 Å². The predicted molar refractivity (Wildman–Crippen MR) is 133 cm³/mol. The molecule has 0 radical (unpaired) electrons. The van der Waals surface area contributed by atoms with Crippen LogP contribution in [0.3, 0.4) is 0 Å². The maximum atomic E-state index is 14.1. The van der Waals surface area contributed by atoms with Crippen LogP contribution in [0.15, 0.2) is 30.3 Å². The third-order valence-electron chi connectivity index (χ3n) is 7.11. The number of piperazine rings is 1. The number of rotatable bonds is 5. The number of imidazole rings is 1. The van der Waals surface area contributed by atoms with Crippen LogP contribution in [0, 0.1) is 0 Å². The van der Waals surface area contributed by atoms with Gasteiger partial charge in [0.2, 0.25) is 11.9 Å². The van der Waals surface area contributed by atoms with E-state index in [1.54, 1.807) is 24.3 Å². The summed E-state index contributed by atoms with van der Waals surface area (Å²) in [7, 11) is 0. The van der Waals surface area contributed by atoms with Crippen molar-refractivity contribution in [3.05, 3.63) is 36.2 Å². The van der Waals surface area contributed by atoms with Gasteiger partial charge in [-0.3, -0.25) is 9.36 Å². The molecule has 3 aromatic rings. The van der Waals surface area contributed by atoms with Gasteiger partial charge in [-0.15, -0.1) is 0 Å². The molecule has 11 heteroatoms. The van der Waals surface area contributed by atoms with E-state index in [2.05, 4.69) is 21.7 Å². The van der Waals surface area contributed by atoms with Gasteiger partial charge < -0.3 is 19.4 Å². The summed E-state index contributed by atoms with van der Waals surface area (Å²) in [6, 6.07) is 8.97. The van der Waals surface area contributed by atoms with Gasteiger partial charge in [-0.1, -0.05) is 19.1 Å². The van der Waals surface area contributed by atoms with Gasteiger partial charge in [0.05, 0.1) is 29.8 Å². The number of halogens is 2. The third-order valence-corrected chi connectivity index (χ3v) is 7.11. The van der Waals surface area contributed by atoms with Crippen molar-refractivity contribution in [2.75, 3.05) is 49.1 Å². The molecule has 5 rings (SSSR count). The normalized spacial score (nSPS) is 21.0. The van der Waals surface area contributed by atoms with E-state index in [1.807, 2.05) is 24.8 Å². The first kappa shape index (κ1) is 24.4. The molecule has 9 nitrogen and oxygen atoms in total. The lowest BCUT2D eigenvalue weighted by Crippen LogP contribution is -2.50. The number of amides is 1. The number of anilines is 2. The summed E-state index contributed by atoms with van der Waals surface area (Å²) in [5, 5.41) is 0. The molecular weight excluding hydrogens is 468 g/mol. The van der Waals surface area contributed by atoms with Crippen LogP contribution < -0.4 is 9.80 Å². The van der Waals surface area contributed by atoms with E-state index in [4.69, 9.17) is 14.7 Å². The maximum absolute atomic E-state index is 14.1. The van der Waals surface area contributed by atoms with Crippen LogP contribution in [0.1, 0.15) is 39.4 Å². The number of hydrogen-bond acceptors (Lipinski definition) is 7. The monoisotopic (exact) mass is 499 g/mol. The number of fused-ring (bicyclic) bond motifs is 1. The Labute approximate surface area is 208 Å². The number of hydrogen-bond donors (Lipinski definition) is 0. The van der Waals surface area contributed by atoms with Crippen LogP contribution in [-0.4, -0.2) is 81.8 Å². The number of morpholine rings is 1. The summed E-state index contributed by atoms with van der Waals surface area (Å²) in [6.45, 7) is 9.50. The largest absolute Gasteiger partial charge is 0.375 e. The standard InChI is InChI=1S/C25H31F2N7O2/c1-4-22(35)32-11-9-31(10-12-32)20-15-21(33-13-14-36-17(3)16(33)2)30-25(29-20)34-19-8-6-5-7-18(19)28-24(34)23(26)27/h5-8,15-17,23H,4,9-14H2,1-3H3. The highest BCUT2D eigenvalue weighted by atomic mass is 19.3. The third kappa shape index (κ3) is 4.47. The average molecular weight is 500 g/mol. The summed E-state index contributed by atoms with van der Waals surface area (Å²) in [5.41, 5.74) is 0.987. The molecule has 1 amide bonds. The number of carbonyl (C=O) groups excluding carboxylic acids is 1. The zero-order valence-corrected chi connectivity index (χ0v) is 20.8. The van der Waals surface area contributed by atoms with Crippen molar-refractivity contribution >= 4 is 28.6 Å². The van der Waals surface area contributed by atoms with Gasteiger partial charge in [-0.25, -0.2) is 13.8 Å². The molecule has 2 aliphatic heterocycles. The van der Waals surface area contributed by atoms with E-state index in [0.717, 1.165) is 0 Å². The smallest absolute Gasteiger partial charge is 0.296 e. The molecule has 0 N–H and O–H groups in total. The van der Waals surface area contributed by atoms with Gasteiger partial charge in [0, 0.05) is 45.2 Å². The van der Waals surface area contributed by atoms with Crippen molar-refractivity contribution in [2.24, 2.45) is 0 Å². The maximum Gasteiger partial charge on any atom is 0.296 e. The van der Waals surface area contributed by atoms with Crippen LogP contribution in [-0.2, 0) is 9.53 Å². The molecule has 4 heterocycles. The molecule has 2 aromatic heterocycles. The van der Waals surface area contributed by atoms with Crippen molar-refractivity contribution in [1.82, 2.24) is 24.4 Å². The molecule has 2 saturated heterocycles. The Hall–Kier alpha value is -3.34. The summed E-state index contributed by atoms with van der Waals surface area (Å²) in [5.74, 6) is 1.19. The van der Waals surface area contributed by atoms with E-state index in [1.165, 1.54) is 4.57 Å². The van der Waals surface area contributed by atoms with Gasteiger partial charge in [-0.2, -0.15) is 9.97 Å². The minimum absolute atomic E-state index is 0.00471. The Kier molecular flexibility index (Phi) is 6.74. The first-order valence-corrected chi connectivity index (χ1v) is 12.4. The Morgan fingerprint density at radius 1 is 1.06 bits per heavy atom. The molecule has 0 spiro atoms. The predicted octanol–water partition coefficient (Wildman–Crippen LogP) is 3.43. The summed E-state index contributed by atoms with van der Waals surface area (Å²) < 4.78 is 35.4. The van der Waals surface area contributed by atoms with Crippen molar-refractivity contribution in [1.29, 1.82) is 0 Å². The number of nitrogens with zero attached hydrogens (tertiary/aromatic N) is 7. The van der Waals surface area contributed by atoms with E-state index in [-0.39, 0.29) is 29.8 Å². The first-order chi connectivity index (χ1) is 17.4. The van der Waals surface area contributed by atoms with E-state index >= 15 is 0 Å². The van der Waals surface area contributed by atoms with Crippen LogP contribution in [0.5, 0.6) is 0 Å². The van der Waals surface area contributed by atoms with Crippen LogP contribution >= 0.6 is 0 Å². The number of alkyl halides is 2. The zero-order valence-electron chi connectivity index (χ0n) is 20.8. The highest BCUT2D eigenvalue weighted by Gasteiger charge is 2.30. The zero-order chi connectivity index (χ0) is 25.4. The van der Waals surface area contributed by atoms with E-state index < -0.39 is 6.43 Å². The van der Waals surface area contributed by atoms with Crippen LogP contribution in [0.25, 0.3) is 17.0 Å². The molecular formula is C25H31F2N7O2. The van der Waals surface area contributed by atoms with Crippen molar-refractivity contribution < 1.29 is 18.3 Å². The second-order valence-corrected chi connectivity index (χ2v) is 9.21. The lowest BCUT2D eigenvalue weighted by Gasteiger charge is -2.39. The topological polar surface area (TPSA) is 79.6 Å². The molecule has 2 aliphatic rings. The van der Waals surface area contributed by atoms with Crippen molar-refractivity contribution in [2.45, 2.75) is 45.8 Å². The highest BCUT2D eigenvalue weighted by Crippen LogP contribution is 2.31. The SMILES string of the molecule is CCC(=O)N1CCN(c2cc(N3CCOC(C)C3C)nc(-n3c(C(F)F)nc4ccccc43)n2)CC1. The fourth-order valence-electron chi connectivity index (χ4n) is 4.89. The Morgan fingerprint density at radius 2 is 1.78 bits per heavy atom. The minimum atomic E-state index is -2.79. The highest BCUT2D eigenvalue weighted by molar-refractivity contribution is 5.78. The molecule has 0 saturated carbocycles. The van der Waals surface area contributed by atoms with E-state index in [0.29, 0.717) is 68.4 Å². The number of aromatic nitrogens is 4. The van der Waals surface area contributed by atoms with Gasteiger partial charge in [-0.05, 0) is 26.0 Å². The fraction of sp³-hybridized carbons (Fsp3) is 0.520. The number of benzene rings is 1. The summed E-state index contributed by atoms with van der Waals surface area (Å²) in [4.78, 5) is 32.0. The molecule has 2 atom stereocenters. The number of carbonyl (C=O) groups is 1. The fourth-order valence-corrected chi connectivity index (χ4v) is 4.89. The number of para-hydroxylation sites is 2. The van der Waals surface area contributed by atoms with Crippen molar-refractivity contribution in [3.63, 3.8) is 0 Å². The molecule has 2 unspecified atom stereocenters. The second kappa shape index (κ2) is 9.96. The molecule has 1 aromatic carbocycles. The summed E-state index contributed by atoms with van der Waals surface area (Å²) >= 11 is 0. The lowest BCUT2D eigenvalue weighted by atomic mass is 10.1. The Balaban J connectivity index is 1.60.